The lowest BCUT2D eigenvalue weighted by atomic mass is 10.2. The van der Waals surface area contributed by atoms with Crippen LogP contribution in [0.15, 0.2) is 4.52 Å². The molecule has 0 aliphatic rings. The predicted molar refractivity (Wildman–Crippen MR) is 54.5 cm³/mol. The minimum absolute atomic E-state index is 0.210. The second-order valence-corrected chi connectivity index (χ2v) is 3.46. The smallest absolute Gasteiger partial charge is 0.314 e. The predicted octanol–water partition coefficient (Wildman–Crippen LogP) is 0.664. The number of nitrogens with one attached hydrogen (secondary N) is 2. The third-order valence-electron chi connectivity index (χ3n) is 1.85. The molecule has 2 amide bonds. The fourth-order valence-electron chi connectivity index (χ4n) is 0.975. The number of urea groups is 1. The van der Waals surface area contributed by atoms with E-state index in [0.717, 1.165) is 0 Å². The maximum Gasteiger partial charge on any atom is 0.314 e. The third kappa shape index (κ3) is 3.57. The zero-order valence-corrected chi connectivity index (χ0v) is 9.20. The average molecular weight is 212 g/mol. The summed E-state index contributed by atoms with van der Waals surface area (Å²) in [5.41, 5.74) is 0. The fourth-order valence-corrected chi connectivity index (χ4v) is 0.975. The Kier molecular flexibility index (Phi) is 4.08. The van der Waals surface area contributed by atoms with Crippen LogP contribution >= 0.6 is 0 Å². The van der Waals surface area contributed by atoms with Crippen LogP contribution in [0.25, 0.3) is 0 Å². The van der Waals surface area contributed by atoms with Gasteiger partial charge in [-0.2, -0.15) is 4.98 Å². The highest BCUT2D eigenvalue weighted by atomic mass is 16.5. The SMILES string of the molecule is CNC(=O)NCCc1nc(C(C)C)no1. The second-order valence-electron chi connectivity index (χ2n) is 3.46. The molecule has 2 N–H and O–H groups in total. The first-order valence-corrected chi connectivity index (χ1v) is 4.91. The molecule has 1 aromatic rings. The Hall–Kier alpha value is -1.59. The van der Waals surface area contributed by atoms with E-state index in [1.54, 1.807) is 7.05 Å². The number of carbonyl (C=O) groups excluding carboxylic acids is 1. The van der Waals surface area contributed by atoms with Crippen LogP contribution in [0, 0.1) is 0 Å². The molecule has 1 aromatic heterocycles. The van der Waals surface area contributed by atoms with Crippen molar-refractivity contribution in [1.82, 2.24) is 20.8 Å². The molecule has 0 saturated carbocycles. The van der Waals surface area contributed by atoms with Crippen molar-refractivity contribution in [3.8, 4) is 0 Å². The van der Waals surface area contributed by atoms with Gasteiger partial charge < -0.3 is 15.2 Å². The van der Waals surface area contributed by atoms with Gasteiger partial charge in [0.15, 0.2) is 5.82 Å². The highest BCUT2D eigenvalue weighted by Crippen LogP contribution is 2.09. The number of aromatic nitrogens is 2. The molecule has 0 saturated heterocycles. The Morgan fingerprint density at radius 2 is 2.27 bits per heavy atom. The lowest BCUT2D eigenvalue weighted by Gasteiger charge is -2.00. The maximum absolute atomic E-state index is 10.8. The van der Waals surface area contributed by atoms with Crippen LogP contribution in [0.4, 0.5) is 4.79 Å². The van der Waals surface area contributed by atoms with Crippen molar-refractivity contribution in [2.24, 2.45) is 0 Å². The van der Waals surface area contributed by atoms with E-state index in [9.17, 15) is 4.79 Å². The van der Waals surface area contributed by atoms with Crippen molar-refractivity contribution in [2.75, 3.05) is 13.6 Å². The number of nitrogens with zero attached hydrogens (tertiary/aromatic N) is 2. The van der Waals surface area contributed by atoms with Crippen LogP contribution in [0.2, 0.25) is 0 Å². The van der Waals surface area contributed by atoms with Crippen molar-refractivity contribution < 1.29 is 9.32 Å². The van der Waals surface area contributed by atoms with Crippen LogP contribution in [-0.2, 0) is 6.42 Å². The number of carbonyl (C=O) groups is 1. The quantitative estimate of drug-likeness (QED) is 0.768. The number of hydrogen-bond donors (Lipinski definition) is 2. The molecule has 6 heteroatoms. The van der Waals surface area contributed by atoms with Crippen molar-refractivity contribution >= 4 is 6.03 Å². The Morgan fingerprint density at radius 3 is 2.80 bits per heavy atom. The van der Waals surface area contributed by atoms with Crippen molar-refractivity contribution in [3.05, 3.63) is 11.7 Å². The lowest BCUT2D eigenvalue weighted by Crippen LogP contribution is -2.34. The van der Waals surface area contributed by atoms with Gasteiger partial charge in [-0.25, -0.2) is 4.79 Å². The van der Waals surface area contributed by atoms with Gasteiger partial charge in [-0.1, -0.05) is 19.0 Å². The van der Waals surface area contributed by atoms with Gasteiger partial charge in [0.25, 0.3) is 0 Å². The zero-order chi connectivity index (χ0) is 11.3. The van der Waals surface area contributed by atoms with Crippen LogP contribution in [0.3, 0.4) is 0 Å². The molecule has 0 aliphatic heterocycles. The van der Waals surface area contributed by atoms with Crippen LogP contribution in [0.1, 0.15) is 31.5 Å². The highest BCUT2D eigenvalue weighted by Gasteiger charge is 2.09. The first kappa shape index (κ1) is 11.5. The molecule has 1 rings (SSSR count). The summed E-state index contributed by atoms with van der Waals surface area (Å²) in [5.74, 6) is 1.51. The van der Waals surface area contributed by atoms with E-state index in [0.29, 0.717) is 24.7 Å². The van der Waals surface area contributed by atoms with E-state index >= 15 is 0 Å². The second kappa shape index (κ2) is 5.33. The standard InChI is InChI=1S/C9H16N4O2/c1-6(2)8-12-7(15-13-8)4-5-11-9(14)10-3/h6H,4-5H2,1-3H3,(H2,10,11,14). The molecule has 1 heterocycles. The Morgan fingerprint density at radius 1 is 1.53 bits per heavy atom. The molecular weight excluding hydrogens is 196 g/mol. The Labute approximate surface area is 88.4 Å². The van der Waals surface area contributed by atoms with Gasteiger partial charge in [0.05, 0.1) is 0 Å². The summed E-state index contributed by atoms with van der Waals surface area (Å²) in [4.78, 5) is 15.0. The summed E-state index contributed by atoms with van der Waals surface area (Å²) in [5, 5.41) is 8.92. The monoisotopic (exact) mass is 212 g/mol. The average Bonchev–Trinajstić information content (AvgIpc) is 2.66. The van der Waals surface area contributed by atoms with Gasteiger partial charge in [0.2, 0.25) is 5.89 Å². The Balaban J connectivity index is 2.34. The summed E-state index contributed by atoms with van der Waals surface area (Å²) in [7, 11) is 1.57. The minimum atomic E-state index is -0.210. The summed E-state index contributed by atoms with van der Waals surface area (Å²) >= 11 is 0. The van der Waals surface area contributed by atoms with Crippen molar-refractivity contribution in [1.29, 1.82) is 0 Å². The van der Waals surface area contributed by atoms with E-state index in [4.69, 9.17) is 4.52 Å². The van der Waals surface area contributed by atoms with Gasteiger partial charge >= 0.3 is 6.03 Å². The molecule has 84 valence electrons. The number of hydrogen-bond acceptors (Lipinski definition) is 4. The largest absolute Gasteiger partial charge is 0.341 e. The summed E-state index contributed by atoms with van der Waals surface area (Å²) in [6.45, 7) is 4.48. The van der Waals surface area contributed by atoms with Gasteiger partial charge in [-0.15, -0.1) is 0 Å². The van der Waals surface area contributed by atoms with E-state index in [1.165, 1.54) is 0 Å². The van der Waals surface area contributed by atoms with Gasteiger partial charge in [0, 0.05) is 25.9 Å². The normalized spacial score (nSPS) is 10.4. The third-order valence-corrected chi connectivity index (χ3v) is 1.85. The van der Waals surface area contributed by atoms with E-state index in [2.05, 4.69) is 20.8 Å². The first-order valence-electron chi connectivity index (χ1n) is 4.91. The molecule has 0 aromatic carbocycles. The minimum Gasteiger partial charge on any atom is -0.341 e. The molecule has 15 heavy (non-hydrogen) atoms. The van der Waals surface area contributed by atoms with Gasteiger partial charge in [-0.05, 0) is 0 Å². The van der Waals surface area contributed by atoms with E-state index in [-0.39, 0.29) is 11.9 Å². The molecule has 0 unspecified atom stereocenters. The van der Waals surface area contributed by atoms with Crippen LogP contribution in [-0.4, -0.2) is 29.8 Å². The Bertz CT molecular complexity index is 322. The van der Waals surface area contributed by atoms with Crippen LogP contribution in [0.5, 0.6) is 0 Å². The molecule has 0 spiro atoms. The summed E-state index contributed by atoms with van der Waals surface area (Å²) in [6, 6.07) is -0.210. The molecule has 6 nitrogen and oxygen atoms in total. The number of amides is 2. The first-order chi connectivity index (χ1) is 7.13. The molecule has 0 bridgehead atoms. The van der Waals surface area contributed by atoms with Gasteiger partial charge in [0.1, 0.15) is 0 Å². The van der Waals surface area contributed by atoms with E-state index < -0.39 is 0 Å². The molecule has 0 aliphatic carbocycles. The molecule has 0 atom stereocenters. The molecule has 0 fully saturated rings. The van der Waals surface area contributed by atoms with Crippen molar-refractivity contribution in [3.63, 3.8) is 0 Å². The molecule has 0 radical (unpaired) electrons. The van der Waals surface area contributed by atoms with Gasteiger partial charge in [-0.3, -0.25) is 0 Å². The van der Waals surface area contributed by atoms with E-state index in [1.807, 2.05) is 13.8 Å². The zero-order valence-electron chi connectivity index (χ0n) is 9.20. The summed E-state index contributed by atoms with van der Waals surface area (Å²) in [6.07, 6.45) is 0.549. The molecular formula is C9H16N4O2. The lowest BCUT2D eigenvalue weighted by molar-refractivity contribution is 0.242. The highest BCUT2D eigenvalue weighted by molar-refractivity contribution is 5.73. The fraction of sp³-hybridized carbons (Fsp3) is 0.667. The topological polar surface area (TPSA) is 80.0 Å². The summed E-state index contributed by atoms with van der Waals surface area (Å²) < 4.78 is 5.01. The number of rotatable bonds is 4. The maximum atomic E-state index is 10.8. The van der Waals surface area contributed by atoms with Crippen molar-refractivity contribution in [2.45, 2.75) is 26.2 Å². The van der Waals surface area contributed by atoms with Crippen LogP contribution < -0.4 is 10.6 Å².